The molecule has 0 bridgehead atoms. The highest BCUT2D eigenvalue weighted by Gasteiger charge is 2.13. The standard InChI is InChI=1S/C16H18N2O5/c17-13-5-1-3-7-15(13)22-11-9-21-10-12-23-16-8-4-2-6-14(16)18(19)20/h1-8H,9-12,17H2. The fraction of sp³-hybridized carbons (Fsp3) is 0.250. The van der Waals surface area contributed by atoms with Gasteiger partial charge in [0.15, 0.2) is 5.75 Å². The van der Waals surface area contributed by atoms with E-state index in [1.54, 1.807) is 30.3 Å². The number of benzene rings is 2. The molecule has 0 radical (unpaired) electrons. The van der Waals surface area contributed by atoms with Crippen molar-refractivity contribution in [3.8, 4) is 11.5 Å². The number of hydrogen-bond acceptors (Lipinski definition) is 6. The molecule has 0 fully saturated rings. The van der Waals surface area contributed by atoms with E-state index in [4.69, 9.17) is 19.9 Å². The Kier molecular flexibility index (Phi) is 6.19. The van der Waals surface area contributed by atoms with E-state index in [1.807, 2.05) is 12.1 Å². The summed E-state index contributed by atoms with van der Waals surface area (Å²) in [6.07, 6.45) is 0. The van der Waals surface area contributed by atoms with E-state index >= 15 is 0 Å². The Morgan fingerprint density at radius 1 is 0.870 bits per heavy atom. The first-order valence-electron chi connectivity index (χ1n) is 7.10. The van der Waals surface area contributed by atoms with Gasteiger partial charge < -0.3 is 19.9 Å². The molecule has 2 aromatic rings. The number of para-hydroxylation sites is 4. The van der Waals surface area contributed by atoms with Gasteiger partial charge in [0.1, 0.15) is 19.0 Å². The third-order valence-corrected chi connectivity index (χ3v) is 2.95. The van der Waals surface area contributed by atoms with Crippen LogP contribution in [0.2, 0.25) is 0 Å². The van der Waals surface area contributed by atoms with Crippen LogP contribution in [0.15, 0.2) is 48.5 Å². The van der Waals surface area contributed by atoms with Crippen molar-refractivity contribution < 1.29 is 19.1 Å². The summed E-state index contributed by atoms with van der Waals surface area (Å²) >= 11 is 0. The molecule has 2 rings (SSSR count). The predicted octanol–water partition coefficient (Wildman–Crippen LogP) is 2.65. The van der Waals surface area contributed by atoms with Crippen molar-refractivity contribution in [3.05, 3.63) is 58.6 Å². The van der Waals surface area contributed by atoms with E-state index in [0.717, 1.165) is 0 Å². The molecule has 7 heteroatoms. The smallest absolute Gasteiger partial charge is 0.310 e. The van der Waals surface area contributed by atoms with Gasteiger partial charge in [0.2, 0.25) is 0 Å². The summed E-state index contributed by atoms with van der Waals surface area (Å²) in [6, 6.07) is 13.4. The highest BCUT2D eigenvalue weighted by Crippen LogP contribution is 2.25. The molecular weight excluding hydrogens is 300 g/mol. The normalized spacial score (nSPS) is 10.3. The fourth-order valence-corrected chi connectivity index (χ4v) is 1.87. The lowest BCUT2D eigenvalue weighted by Gasteiger charge is -2.09. The number of nitro benzene ring substituents is 1. The van der Waals surface area contributed by atoms with Crippen LogP contribution in [0, 0.1) is 10.1 Å². The molecule has 0 aromatic heterocycles. The Morgan fingerprint density at radius 3 is 2.09 bits per heavy atom. The summed E-state index contributed by atoms with van der Waals surface area (Å²) in [6.45, 7) is 1.26. The minimum Gasteiger partial charge on any atom is -0.489 e. The molecule has 2 aromatic carbocycles. The third kappa shape index (κ3) is 5.15. The van der Waals surface area contributed by atoms with Crippen molar-refractivity contribution in [3.63, 3.8) is 0 Å². The summed E-state index contributed by atoms with van der Waals surface area (Å²) in [5, 5.41) is 10.8. The first kappa shape index (κ1) is 16.6. The van der Waals surface area contributed by atoms with Crippen LogP contribution in [-0.4, -0.2) is 31.4 Å². The van der Waals surface area contributed by atoms with Gasteiger partial charge in [-0.05, 0) is 18.2 Å². The molecule has 0 saturated heterocycles. The lowest BCUT2D eigenvalue weighted by Crippen LogP contribution is -2.12. The number of nitrogens with two attached hydrogens (primary N) is 1. The van der Waals surface area contributed by atoms with Crippen LogP contribution in [0.4, 0.5) is 11.4 Å². The number of nitro groups is 1. The summed E-state index contributed by atoms with van der Waals surface area (Å²) < 4.78 is 16.2. The van der Waals surface area contributed by atoms with Crippen molar-refractivity contribution >= 4 is 11.4 Å². The van der Waals surface area contributed by atoms with Crippen LogP contribution >= 0.6 is 0 Å². The van der Waals surface area contributed by atoms with Crippen LogP contribution in [0.5, 0.6) is 11.5 Å². The molecule has 0 aliphatic heterocycles. The van der Waals surface area contributed by atoms with Crippen molar-refractivity contribution in [2.45, 2.75) is 0 Å². The maximum atomic E-state index is 10.8. The molecule has 122 valence electrons. The van der Waals surface area contributed by atoms with Gasteiger partial charge in [0.25, 0.3) is 0 Å². The van der Waals surface area contributed by atoms with Crippen molar-refractivity contribution in [1.82, 2.24) is 0 Å². The van der Waals surface area contributed by atoms with E-state index in [1.165, 1.54) is 6.07 Å². The molecule has 2 N–H and O–H groups in total. The fourth-order valence-electron chi connectivity index (χ4n) is 1.87. The number of nitrogens with zero attached hydrogens (tertiary/aromatic N) is 1. The number of ether oxygens (including phenoxy) is 3. The molecule has 0 amide bonds. The third-order valence-electron chi connectivity index (χ3n) is 2.95. The molecular formula is C16H18N2O5. The number of anilines is 1. The van der Waals surface area contributed by atoms with Gasteiger partial charge in [-0.2, -0.15) is 0 Å². The average molecular weight is 318 g/mol. The molecule has 0 spiro atoms. The maximum absolute atomic E-state index is 10.8. The Hall–Kier alpha value is -2.80. The van der Waals surface area contributed by atoms with E-state index in [2.05, 4.69) is 0 Å². The van der Waals surface area contributed by atoms with Gasteiger partial charge >= 0.3 is 5.69 Å². The van der Waals surface area contributed by atoms with E-state index in [0.29, 0.717) is 31.3 Å². The molecule has 0 atom stereocenters. The average Bonchev–Trinajstić information content (AvgIpc) is 2.55. The molecule has 23 heavy (non-hydrogen) atoms. The van der Waals surface area contributed by atoms with Gasteiger partial charge in [-0.15, -0.1) is 0 Å². The quantitative estimate of drug-likeness (QED) is 0.330. The van der Waals surface area contributed by atoms with E-state index in [9.17, 15) is 10.1 Å². The van der Waals surface area contributed by atoms with Crippen LogP contribution < -0.4 is 15.2 Å². The second-order valence-electron chi connectivity index (χ2n) is 4.57. The largest absolute Gasteiger partial charge is 0.489 e. The van der Waals surface area contributed by atoms with Gasteiger partial charge in [0.05, 0.1) is 23.8 Å². The second-order valence-corrected chi connectivity index (χ2v) is 4.57. The number of nitrogen functional groups attached to an aromatic ring is 1. The van der Waals surface area contributed by atoms with Crippen LogP contribution in [-0.2, 0) is 4.74 Å². The van der Waals surface area contributed by atoms with Gasteiger partial charge in [-0.25, -0.2) is 0 Å². The molecule has 0 aliphatic rings. The Bertz CT molecular complexity index is 648. The van der Waals surface area contributed by atoms with E-state index < -0.39 is 4.92 Å². The molecule has 7 nitrogen and oxygen atoms in total. The highest BCUT2D eigenvalue weighted by molar-refractivity contribution is 5.51. The SMILES string of the molecule is Nc1ccccc1OCCOCCOc1ccccc1[N+](=O)[O-]. The van der Waals surface area contributed by atoms with Crippen molar-refractivity contribution in [1.29, 1.82) is 0 Å². The topological polar surface area (TPSA) is 96.9 Å². The first-order chi connectivity index (χ1) is 11.2. The minimum atomic E-state index is -0.478. The maximum Gasteiger partial charge on any atom is 0.310 e. The zero-order chi connectivity index (χ0) is 16.5. The molecule has 0 saturated carbocycles. The lowest BCUT2D eigenvalue weighted by atomic mass is 10.3. The second kappa shape index (κ2) is 8.60. The summed E-state index contributed by atoms with van der Waals surface area (Å²) in [4.78, 5) is 10.3. The Labute approximate surface area is 133 Å². The van der Waals surface area contributed by atoms with Gasteiger partial charge in [-0.3, -0.25) is 10.1 Å². The highest BCUT2D eigenvalue weighted by atomic mass is 16.6. The number of hydrogen-bond donors (Lipinski definition) is 1. The monoisotopic (exact) mass is 318 g/mol. The molecule has 0 unspecified atom stereocenters. The Balaban J connectivity index is 1.63. The molecule has 0 heterocycles. The minimum absolute atomic E-state index is 0.0598. The van der Waals surface area contributed by atoms with Crippen molar-refractivity contribution in [2.75, 3.05) is 32.2 Å². The van der Waals surface area contributed by atoms with Crippen LogP contribution in [0.25, 0.3) is 0 Å². The zero-order valence-electron chi connectivity index (χ0n) is 12.5. The summed E-state index contributed by atoms with van der Waals surface area (Å²) in [5.74, 6) is 0.849. The zero-order valence-corrected chi connectivity index (χ0v) is 12.5. The van der Waals surface area contributed by atoms with Crippen LogP contribution in [0.1, 0.15) is 0 Å². The van der Waals surface area contributed by atoms with Crippen molar-refractivity contribution in [2.24, 2.45) is 0 Å². The van der Waals surface area contributed by atoms with Gasteiger partial charge in [0, 0.05) is 6.07 Å². The van der Waals surface area contributed by atoms with Crippen LogP contribution in [0.3, 0.4) is 0 Å². The summed E-state index contributed by atoms with van der Waals surface area (Å²) in [7, 11) is 0. The van der Waals surface area contributed by atoms with E-state index in [-0.39, 0.29) is 18.0 Å². The molecule has 0 aliphatic carbocycles. The summed E-state index contributed by atoms with van der Waals surface area (Å²) in [5.41, 5.74) is 6.26. The lowest BCUT2D eigenvalue weighted by molar-refractivity contribution is -0.385. The Morgan fingerprint density at radius 2 is 1.43 bits per heavy atom. The van der Waals surface area contributed by atoms with Gasteiger partial charge in [-0.1, -0.05) is 24.3 Å². The predicted molar refractivity (Wildman–Crippen MR) is 85.8 cm³/mol. The first-order valence-corrected chi connectivity index (χ1v) is 7.10. The number of rotatable bonds is 9.